The van der Waals surface area contributed by atoms with Crippen LogP contribution in [0.5, 0.6) is 0 Å². The second-order valence-corrected chi connectivity index (χ2v) is 9.08. The molecule has 8 nitrogen and oxygen atoms in total. The predicted molar refractivity (Wildman–Crippen MR) is 134 cm³/mol. The van der Waals surface area contributed by atoms with Crippen LogP contribution in [0.25, 0.3) is 33.2 Å². The second-order valence-electron chi connectivity index (χ2n) is 8.08. The van der Waals surface area contributed by atoms with Gasteiger partial charge in [0.1, 0.15) is 0 Å². The molecule has 1 aliphatic carbocycles. The maximum absolute atomic E-state index is 11.6. The lowest BCUT2D eigenvalue weighted by Crippen LogP contribution is -2.09. The monoisotopic (exact) mass is 472 g/mol. The van der Waals surface area contributed by atoms with E-state index in [0.29, 0.717) is 10.8 Å². The second kappa shape index (κ2) is 8.85. The molecule has 1 amide bonds. The molecule has 0 bridgehead atoms. The van der Waals surface area contributed by atoms with Gasteiger partial charge >= 0.3 is 0 Å². The summed E-state index contributed by atoms with van der Waals surface area (Å²) in [5.41, 5.74) is 11.3. The Hall–Kier alpha value is -3.82. The number of aromatic nitrogens is 4. The van der Waals surface area contributed by atoms with Crippen molar-refractivity contribution >= 4 is 28.1 Å². The van der Waals surface area contributed by atoms with Crippen molar-refractivity contribution in [1.82, 2.24) is 25.2 Å². The predicted octanol–water partition coefficient (Wildman–Crippen LogP) is 4.54. The molecule has 4 aromatic rings. The summed E-state index contributed by atoms with van der Waals surface area (Å²) in [5, 5.41) is 8.48. The Balaban J connectivity index is 1.66. The van der Waals surface area contributed by atoms with Gasteiger partial charge in [0.2, 0.25) is 5.91 Å². The molecule has 1 aromatic carbocycles. The van der Waals surface area contributed by atoms with E-state index in [9.17, 15) is 4.79 Å². The van der Waals surface area contributed by atoms with E-state index in [2.05, 4.69) is 33.4 Å². The first kappa shape index (κ1) is 22.0. The summed E-state index contributed by atoms with van der Waals surface area (Å²) in [6, 6.07) is 12.0. The lowest BCUT2D eigenvalue weighted by molar-refractivity contribution is -0.114. The Morgan fingerprint density at radius 2 is 1.97 bits per heavy atom. The summed E-state index contributed by atoms with van der Waals surface area (Å²) in [6.07, 6.45) is 3.47. The number of amides is 1. The third kappa shape index (κ3) is 4.00. The van der Waals surface area contributed by atoms with Gasteiger partial charge in [0.15, 0.2) is 5.13 Å². The molecule has 0 fully saturated rings. The minimum absolute atomic E-state index is 0.133. The largest absolute Gasteiger partial charge is 0.302 e. The lowest BCUT2D eigenvalue weighted by Gasteiger charge is -2.14. The number of carbonyl (C=O) groups excluding carboxylic acids is 1. The first-order valence-corrected chi connectivity index (χ1v) is 11.7. The standard InChI is InChI=1S/C25H24N6O2S/c1-14-5-6-18(13-26-14)22-20-11-12-21-24(34-25(28-21)27-16(3)32)23(20)31(29-22)19-9-7-17(8-10-19)15(2)30-33-4/h5-10,13,30H,2,11-12H2,1,3-4H3,(H,27,28,32). The summed E-state index contributed by atoms with van der Waals surface area (Å²) in [5.74, 6) is -0.133. The smallest absolute Gasteiger partial charge is 0.223 e. The van der Waals surface area contributed by atoms with E-state index in [-0.39, 0.29) is 5.91 Å². The van der Waals surface area contributed by atoms with Crippen molar-refractivity contribution in [1.29, 1.82) is 0 Å². The normalized spacial score (nSPS) is 12.1. The number of anilines is 1. The number of hydrogen-bond acceptors (Lipinski definition) is 7. The van der Waals surface area contributed by atoms with Gasteiger partial charge < -0.3 is 5.32 Å². The van der Waals surface area contributed by atoms with Crippen molar-refractivity contribution in [3.8, 4) is 27.5 Å². The number of pyridine rings is 1. The van der Waals surface area contributed by atoms with Crippen LogP contribution >= 0.6 is 11.3 Å². The van der Waals surface area contributed by atoms with E-state index in [1.165, 1.54) is 18.3 Å². The van der Waals surface area contributed by atoms with Gasteiger partial charge in [-0.05, 0) is 49.6 Å². The molecule has 34 heavy (non-hydrogen) atoms. The van der Waals surface area contributed by atoms with Crippen LogP contribution in [0.2, 0.25) is 0 Å². The van der Waals surface area contributed by atoms with Gasteiger partial charge in [-0.1, -0.05) is 30.0 Å². The number of thiazole rings is 1. The van der Waals surface area contributed by atoms with E-state index in [0.717, 1.165) is 62.9 Å². The van der Waals surface area contributed by atoms with Gasteiger partial charge in [-0.15, -0.1) is 0 Å². The fourth-order valence-corrected chi connectivity index (χ4v) is 5.20. The molecule has 3 aromatic heterocycles. The van der Waals surface area contributed by atoms with Gasteiger partial charge in [0.25, 0.3) is 0 Å². The zero-order valence-corrected chi connectivity index (χ0v) is 20.0. The number of hydroxylamine groups is 1. The van der Waals surface area contributed by atoms with Crippen LogP contribution in [-0.4, -0.2) is 32.8 Å². The van der Waals surface area contributed by atoms with Gasteiger partial charge in [0, 0.05) is 29.9 Å². The van der Waals surface area contributed by atoms with E-state index >= 15 is 0 Å². The molecule has 3 heterocycles. The molecule has 2 N–H and O–H groups in total. The van der Waals surface area contributed by atoms with Crippen LogP contribution in [0.1, 0.15) is 29.4 Å². The van der Waals surface area contributed by atoms with E-state index in [4.69, 9.17) is 9.94 Å². The number of carbonyl (C=O) groups is 1. The summed E-state index contributed by atoms with van der Waals surface area (Å²) in [4.78, 5) is 26.8. The highest BCUT2D eigenvalue weighted by molar-refractivity contribution is 7.19. The highest BCUT2D eigenvalue weighted by Crippen LogP contribution is 2.44. The fourth-order valence-electron chi connectivity index (χ4n) is 4.09. The molecule has 1 aliphatic rings. The van der Waals surface area contributed by atoms with Gasteiger partial charge in [-0.25, -0.2) is 9.67 Å². The molecular formula is C25H24N6O2S. The summed E-state index contributed by atoms with van der Waals surface area (Å²) in [6.45, 7) is 7.45. The highest BCUT2D eigenvalue weighted by atomic mass is 32.1. The minimum Gasteiger partial charge on any atom is -0.302 e. The van der Waals surface area contributed by atoms with Crippen molar-refractivity contribution in [2.45, 2.75) is 26.7 Å². The maximum atomic E-state index is 11.6. The summed E-state index contributed by atoms with van der Waals surface area (Å²) >= 11 is 1.48. The molecule has 0 atom stereocenters. The molecular weight excluding hydrogens is 448 g/mol. The zero-order valence-electron chi connectivity index (χ0n) is 19.2. The van der Waals surface area contributed by atoms with Crippen molar-refractivity contribution in [2.24, 2.45) is 0 Å². The van der Waals surface area contributed by atoms with Crippen LogP contribution in [0.4, 0.5) is 5.13 Å². The summed E-state index contributed by atoms with van der Waals surface area (Å²) in [7, 11) is 1.55. The Morgan fingerprint density at radius 3 is 2.65 bits per heavy atom. The summed E-state index contributed by atoms with van der Waals surface area (Å²) < 4.78 is 1.97. The molecule has 5 rings (SSSR count). The van der Waals surface area contributed by atoms with Gasteiger partial charge in [-0.3, -0.25) is 20.1 Å². The van der Waals surface area contributed by atoms with Crippen LogP contribution in [-0.2, 0) is 22.5 Å². The number of nitrogens with one attached hydrogen (secondary N) is 2. The number of fused-ring (bicyclic) bond motifs is 3. The Kier molecular flexibility index (Phi) is 5.72. The Morgan fingerprint density at radius 1 is 1.18 bits per heavy atom. The molecule has 172 valence electrons. The first-order valence-electron chi connectivity index (χ1n) is 10.9. The molecule has 0 radical (unpaired) electrons. The van der Waals surface area contributed by atoms with E-state index in [1.807, 2.05) is 48.1 Å². The molecule has 0 aliphatic heterocycles. The minimum atomic E-state index is -0.133. The molecule has 0 unspecified atom stereocenters. The Labute approximate surface area is 201 Å². The van der Waals surface area contributed by atoms with Crippen LogP contribution in [0.3, 0.4) is 0 Å². The topological polar surface area (TPSA) is 94.0 Å². The first-order chi connectivity index (χ1) is 16.4. The zero-order chi connectivity index (χ0) is 23.8. The van der Waals surface area contributed by atoms with Crippen molar-refractivity contribution in [3.63, 3.8) is 0 Å². The molecule has 0 spiro atoms. The van der Waals surface area contributed by atoms with Crippen molar-refractivity contribution in [2.75, 3.05) is 12.4 Å². The number of aryl methyl sites for hydroxylation is 2. The third-order valence-corrected chi connectivity index (χ3v) is 6.68. The molecule has 0 saturated carbocycles. The quantitative estimate of drug-likeness (QED) is 0.400. The SMILES string of the molecule is C=C(NOC)c1ccc(-n2nc(-c3ccc(C)nc3)c3c2-c2sc(NC(C)=O)nc2CC3)cc1. The molecule has 0 saturated heterocycles. The highest BCUT2D eigenvalue weighted by Gasteiger charge is 2.30. The van der Waals surface area contributed by atoms with E-state index in [1.54, 1.807) is 7.11 Å². The van der Waals surface area contributed by atoms with Gasteiger partial charge in [-0.2, -0.15) is 5.10 Å². The number of benzene rings is 1. The third-order valence-electron chi connectivity index (χ3n) is 5.66. The van der Waals surface area contributed by atoms with Crippen LogP contribution in [0, 0.1) is 6.92 Å². The maximum Gasteiger partial charge on any atom is 0.223 e. The van der Waals surface area contributed by atoms with E-state index < -0.39 is 0 Å². The van der Waals surface area contributed by atoms with Crippen molar-refractivity contribution < 1.29 is 9.63 Å². The van der Waals surface area contributed by atoms with Gasteiger partial charge in [0.05, 0.1) is 40.5 Å². The number of nitrogens with zero attached hydrogens (tertiary/aromatic N) is 4. The average Bonchev–Trinajstić information content (AvgIpc) is 3.40. The molecule has 9 heteroatoms. The Bertz CT molecular complexity index is 1390. The lowest BCUT2D eigenvalue weighted by atomic mass is 9.95. The van der Waals surface area contributed by atoms with Crippen LogP contribution in [0.15, 0.2) is 49.2 Å². The fraction of sp³-hybridized carbons (Fsp3) is 0.200. The van der Waals surface area contributed by atoms with Crippen molar-refractivity contribution in [3.05, 3.63) is 71.7 Å². The number of hydrogen-bond donors (Lipinski definition) is 2. The number of rotatable bonds is 6. The average molecular weight is 473 g/mol. The van der Waals surface area contributed by atoms with Crippen LogP contribution < -0.4 is 10.8 Å².